The monoisotopic (exact) mass is 196 g/mol. The van der Waals surface area contributed by atoms with Gasteiger partial charge in [0.15, 0.2) is 8.32 Å². The molecule has 0 aromatic rings. The van der Waals surface area contributed by atoms with E-state index in [1.54, 1.807) is 0 Å². The molecule has 0 heterocycles. The third-order valence-corrected chi connectivity index (χ3v) is 2.43. The molecule has 0 amide bonds. The molecule has 0 saturated heterocycles. The fourth-order valence-corrected chi connectivity index (χ4v) is 1.98. The van der Waals surface area contributed by atoms with Crippen molar-refractivity contribution in [2.75, 3.05) is 0 Å². The Bertz CT molecular complexity index is 195. The van der Waals surface area contributed by atoms with E-state index in [-0.39, 0.29) is 6.10 Å². The van der Waals surface area contributed by atoms with Crippen LogP contribution in [0.4, 0.5) is 0 Å². The van der Waals surface area contributed by atoms with Crippen LogP contribution in [0.15, 0.2) is 12.2 Å². The zero-order chi connectivity index (χ0) is 10.3. The highest BCUT2D eigenvalue weighted by Gasteiger charge is 2.18. The summed E-state index contributed by atoms with van der Waals surface area (Å²) in [6, 6.07) is 0. The molecule has 0 aromatic heterocycles. The van der Waals surface area contributed by atoms with Gasteiger partial charge in [0.2, 0.25) is 0 Å². The third-order valence-electron chi connectivity index (χ3n) is 1.43. The van der Waals surface area contributed by atoms with Gasteiger partial charge >= 0.3 is 0 Å². The van der Waals surface area contributed by atoms with Gasteiger partial charge < -0.3 is 4.43 Å². The van der Waals surface area contributed by atoms with Crippen LogP contribution in [0.3, 0.4) is 0 Å². The van der Waals surface area contributed by atoms with Gasteiger partial charge in [-0.2, -0.15) is 0 Å². The molecule has 13 heavy (non-hydrogen) atoms. The Balaban J connectivity index is 3.92. The highest BCUT2D eigenvalue weighted by Crippen LogP contribution is 2.09. The maximum absolute atomic E-state index is 5.79. The van der Waals surface area contributed by atoms with Crippen LogP contribution in [0, 0.1) is 12.3 Å². The van der Waals surface area contributed by atoms with Gasteiger partial charge in [-0.1, -0.05) is 25.0 Å². The quantitative estimate of drug-likeness (QED) is 0.373. The molecular weight excluding hydrogens is 176 g/mol. The van der Waals surface area contributed by atoms with Crippen molar-refractivity contribution in [1.29, 1.82) is 0 Å². The average Bonchev–Trinajstić information content (AvgIpc) is 2.01. The van der Waals surface area contributed by atoms with Gasteiger partial charge in [-0.05, 0) is 26.1 Å². The van der Waals surface area contributed by atoms with Gasteiger partial charge in [-0.3, -0.25) is 0 Å². The van der Waals surface area contributed by atoms with E-state index in [1.165, 1.54) is 0 Å². The van der Waals surface area contributed by atoms with Crippen LogP contribution < -0.4 is 0 Å². The molecule has 74 valence electrons. The summed E-state index contributed by atoms with van der Waals surface area (Å²) in [5.41, 5.74) is 0. The third kappa shape index (κ3) is 7.83. The van der Waals surface area contributed by atoms with E-state index in [9.17, 15) is 0 Å². The van der Waals surface area contributed by atoms with Gasteiger partial charge in [-0.25, -0.2) is 0 Å². The number of hydrogen-bond donors (Lipinski definition) is 0. The molecular formula is C11H20OSi. The highest BCUT2D eigenvalue weighted by atomic mass is 28.4. The first kappa shape index (κ1) is 12.5. The SMILES string of the molecule is C#CC(CC=CCC)O[Si](C)(C)C. The minimum absolute atomic E-state index is 0.0329. The average molecular weight is 196 g/mol. The van der Waals surface area contributed by atoms with E-state index in [4.69, 9.17) is 10.8 Å². The van der Waals surface area contributed by atoms with E-state index in [1.807, 2.05) is 0 Å². The number of terminal acetylenes is 1. The van der Waals surface area contributed by atoms with Crippen molar-refractivity contribution in [3.63, 3.8) is 0 Å². The van der Waals surface area contributed by atoms with E-state index in [0.29, 0.717) is 0 Å². The number of rotatable bonds is 5. The summed E-state index contributed by atoms with van der Waals surface area (Å²) in [4.78, 5) is 0. The second-order valence-electron chi connectivity index (χ2n) is 4.00. The van der Waals surface area contributed by atoms with Crippen molar-refractivity contribution in [2.45, 2.75) is 45.5 Å². The van der Waals surface area contributed by atoms with Crippen molar-refractivity contribution in [2.24, 2.45) is 0 Å². The Morgan fingerprint density at radius 1 is 1.38 bits per heavy atom. The molecule has 0 aliphatic rings. The van der Waals surface area contributed by atoms with Gasteiger partial charge in [0.1, 0.15) is 6.10 Å². The molecule has 0 spiro atoms. The minimum Gasteiger partial charge on any atom is -0.404 e. The largest absolute Gasteiger partial charge is 0.404 e. The van der Waals surface area contributed by atoms with Crippen LogP contribution in [-0.4, -0.2) is 14.4 Å². The minimum atomic E-state index is -1.48. The molecule has 1 nitrogen and oxygen atoms in total. The lowest BCUT2D eigenvalue weighted by Gasteiger charge is -2.21. The van der Waals surface area contributed by atoms with E-state index in [2.05, 4.69) is 44.6 Å². The summed E-state index contributed by atoms with van der Waals surface area (Å²) in [6.45, 7) is 8.57. The molecule has 0 aliphatic carbocycles. The Hall–Kier alpha value is -0.523. The van der Waals surface area contributed by atoms with Crippen LogP contribution in [0.5, 0.6) is 0 Å². The van der Waals surface area contributed by atoms with Gasteiger partial charge in [-0.15, -0.1) is 6.42 Å². The molecule has 0 fully saturated rings. The molecule has 1 unspecified atom stereocenters. The topological polar surface area (TPSA) is 9.23 Å². The maximum atomic E-state index is 5.79. The fraction of sp³-hybridized carbons (Fsp3) is 0.636. The molecule has 0 radical (unpaired) electrons. The molecule has 0 rings (SSSR count). The van der Waals surface area contributed by atoms with Crippen LogP contribution in [0.25, 0.3) is 0 Å². The van der Waals surface area contributed by atoms with Crippen molar-refractivity contribution in [3.05, 3.63) is 12.2 Å². The highest BCUT2D eigenvalue weighted by molar-refractivity contribution is 6.69. The lowest BCUT2D eigenvalue weighted by Crippen LogP contribution is -2.30. The van der Waals surface area contributed by atoms with Gasteiger partial charge in [0.25, 0.3) is 0 Å². The lowest BCUT2D eigenvalue weighted by atomic mass is 10.2. The normalized spacial score (nSPS) is 14.4. The Morgan fingerprint density at radius 2 is 2.00 bits per heavy atom. The van der Waals surface area contributed by atoms with Crippen molar-refractivity contribution < 1.29 is 4.43 Å². The Kier molecular flexibility index (Phi) is 5.77. The summed E-state index contributed by atoms with van der Waals surface area (Å²) in [5.74, 6) is 2.68. The molecule has 0 saturated carbocycles. The number of allylic oxidation sites excluding steroid dienone is 1. The van der Waals surface area contributed by atoms with Crippen molar-refractivity contribution in [1.82, 2.24) is 0 Å². The standard InChI is InChI=1S/C11H20OSi/c1-6-8-9-10-11(7-2)12-13(3,4)5/h2,8-9,11H,6,10H2,1,3-5H3. The van der Waals surface area contributed by atoms with Crippen molar-refractivity contribution >= 4 is 8.32 Å². The second-order valence-corrected chi connectivity index (χ2v) is 8.46. The Morgan fingerprint density at radius 3 is 2.38 bits per heavy atom. The zero-order valence-electron chi connectivity index (χ0n) is 9.13. The smallest absolute Gasteiger partial charge is 0.185 e. The Labute approximate surface area is 83.3 Å². The maximum Gasteiger partial charge on any atom is 0.185 e. The van der Waals surface area contributed by atoms with Crippen LogP contribution in [0.1, 0.15) is 19.8 Å². The summed E-state index contributed by atoms with van der Waals surface area (Å²) in [7, 11) is -1.48. The van der Waals surface area contributed by atoms with E-state index in [0.717, 1.165) is 12.8 Å². The summed E-state index contributed by atoms with van der Waals surface area (Å²) >= 11 is 0. The first-order valence-electron chi connectivity index (χ1n) is 4.78. The van der Waals surface area contributed by atoms with Crippen LogP contribution in [-0.2, 0) is 4.43 Å². The van der Waals surface area contributed by atoms with Crippen LogP contribution in [0.2, 0.25) is 19.6 Å². The van der Waals surface area contributed by atoms with E-state index < -0.39 is 8.32 Å². The number of hydrogen-bond acceptors (Lipinski definition) is 1. The summed E-state index contributed by atoms with van der Waals surface area (Å²) in [6.07, 6.45) is 11.5. The molecule has 0 aromatic carbocycles. The predicted octanol–water partition coefficient (Wildman–Crippen LogP) is 3.20. The molecule has 0 N–H and O–H groups in total. The first-order chi connectivity index (χ1) is 5.99. The molecule has 0 bridgehead atoms. The first-order valence-corrected chi connectivity index (χ1v) is 8.19. The van der Waals surface area contributed by atoms with E-state index >= 15 is 0 Å². The zero-order valence-corrected chi connectivity index (χ0v) is 10.1. The summed E-state index contributed by atoms with van der Waals surface area (Å²) in [5, 5.41) is 0. The lowest BCUT2D eigenvalue weighted by molar-refractivity contribution is 0.255. The van der Waals surface area contributed by atoms with Gasteiger partial charge in [0, 0.05) is 6.42 Å². The van der Waals surface area contributed by atoms with Gasteiger partial charge in [0.05, 0.1) is 0 Å². The molecule has 2 heteroatoms. The summed E-state index contributed by atoms with van der Waals surface area (Å²) < 4.78 is 5.79. The predicted molar refractivity (Wildman–Crippen MR) is 61.1 cm³/mol. The molecule has 0 aliphatic heterocycles. The van der Waals surface area contributed by atoms with Crippen molar-refractivity contribution in [3.8, 4) is 12.3 Å². The molecule has 1 atom stereocenters. The fourth-order valence-electron chi connectivity index (χ4n) is 0.963. The second kappa shape index (κ2) is 6.01. The van der Waals surface area contributed by atoms with Crippen LogP contribution >= 0.6 is 0 Å².